The molecule has 4 rings (SSSR count). The summed E-state index contributed by atoms with van der Waals surface area (Å²) in [6.07, 6.45) is 4.06. The van der Waals surface area contributed by atoms with Gasteiger partial charge in [0.25, 0.3) is 0 Å². The molecule has 0 spiro atoms. The zero-order valence-electron chi connectivity index (χ0n) is 16.2. The zero-order chi connectivity index (χ0) is 20.2. The molecule has 0 aliphatic carbocycles. The van der Waals surface area contributed by atoms with Gasteiger partial charge in [0.05, 0.1) is 34.8 Å². The maximum Gasteiger partial charge on any atom is 0.141 e. The van der Waals surface area contributed by atoms with Crippen LogP contribution >= 0.6 is 0 Å². The van der Waals surface area contributed by atoms with Crippen molar-refractivity contribution in [3.05, 3.63) is 71.4 Å². The second-order valence-electron chi connectivity index (χ2n) is 7.00. The first-order valence-electron chi connectivity index (χ1n) is 9.64. The van der Waals surface area contributed by atoms with Crippen LogP contribution in [-0.4, -0.2) is 35.1 Å². The molecule has 7 nitrogen and oxygen atoms in total. The van der Waals surface area contributed by atoms with E-state index in [0.717, 1.165) is 48.7 Å². The molecule has 1 aliphatic heterocycles. The number of para-hydroxylation sites is 1. The fourth-order valence-electron chi connectivity index (χ4n) is 3.55. The second-order valence-corrected chi connectivity index (χ2v) is 7.00. The summed E-state index contributed by atoms with van der Waals surface area (Å²) < 4.78 is 1.97. The molecule has 0 atom stereocenters. The van der Waals surface area contributed by atoms with Crippen LogP contribution in [0.1, 0.15) is 34.5 Å². The Morgan fingerprint density at radius 1 is 1.14 bits per heavy atom. The number of hydrogen-bond acceptors (Lipinski definition) is 6. The minimum atomic E-state index is -1.21. The number of aromatic nitrogens is 2. The van der Waals surface area contributed by atoms with Gasteiger partial charge in [-0.25, -0.2) is 4.68 Å². The van der Waals surface area contributed by atoms with Gasteiger partial charge < -0.3 is 14.8 Å². The number of carbonyl (C=O) groups excluding carboxylic acids is 1. The Balaban J connectivity index is 1.66. The topological polar surface area (TPSA) is 85.6 Å². The standard InChI is InChI=1S/C22H23N5O2/c1-16-20(15-23-24-18-9-7-8-17(14-18)22(28)29)21(26-12-5-6-13-26)27(25-16)19-10-3-2-4-11-19/h2-4,7-11,14-15,24H,5-6,12-13H2,1H3,(H,28,29)/p-1/b23-15-. The number of nitrogens with zero attached hydrogens (tertiary/aromatic N) is 4. The molecule has 7 heteroatoms. The summed E-state index contributed by atoms with van der Waals surface area (Å²) in [4.78, 5) is 13.4. The van der Waals surface area contributed by atoms with Gasteiger partial charge in [0.2, 0.25) is 0 Å². The van der Waals surface area contributed by atoms with Crippen LogP contribution in [0.5, 0.6) is 0 Å². The van der Waals surface area contributed by atoms with Gasteiger partial charge in [-0.15, -0.1) is 0 Å². The molecule has 1 aliphatic rings. The van der Waals surface area contributed by atoms with E-state index in [0.29, 0.717) is 5.69 Å². The van der Waals surface area contributed by atoms with E-state index in [1.807, 2.05) is 41.9 Å². The number of nitrogens with one attached hydrogen (secondary N) is 1. The highest BCUT2D eigenvalue weighted by molar-refractivity contribution is 5.90. The number of benzene rings is 2. The van der Waals surface area contributed by atoms with Crippen LogP contribution in [0.3, 0.4) is 0 Å². The minimum absolute atomic E-state index is 0.107. The third-order valence-electron chi connectivity index (χ3n) is 4.97. The van der Waals surface area contributed by atoms with Gasteiger partial charge >= 0.3 is 0 Å². The van der Waals surface area contributed by atoms with E-state index < -0.39 is 5.97 Å². The summed E-state index contributed by atoms with van der Waals surface area (Å²) >= 11 is 0. The van der Waals surface area contributed by atoms with Crippen molar-refractivity contribution in [2.24, 2.45) is 5.10 Å². The fraction of sp³-hybridized carbons (Fsp3) is 0.227. The summed E-state index contributed by atoms with van der Waals surface area (Å²) in [6, 6.07) is 16.5. The molecule has 2 heterocycles. The molecule has 0 radical (unpaired) electrons. The van der Waals surface area contributed by atoms with Gasteiger partial charge in [0.1, 0.15) is 5.82 Å². The van der Waals surface area contributed by atoms with Crippen molar-refractivity contribution < 1.29 is 9.90 Å². The number of aryl methyl sites for hydroxylation is 1. The molecule has 148 valence electrons. The van der Waals surface area contributed by atoms with Crippen LogP contribution < -0.4 is 15.4 Å². The number of carbonyl (C=O) groups is 1. The zero-order valence-corrected chi connectivity index (χ0v) is 16.2. The largest absolute Gasteiger partial charge is 0.545 e. The van der Waals surface area contributed by atoms with Crippen molar-refractivity contribution in [3.63, 3.8) is 0 Å². The third-order valence-corrected chi connectivity index (χ3v) is 4.97. The van der Waals surface area contributed by atoms with Crippen LogP contribution in [0.15, 0.2) is 59.7 Å². The van der Waals surface area contributed by atoms with Gasteiger partial charge in [0, 0.05) is 13.1 Å². The third kappa shape index (κ3) is 3.99. The van der Waals surface area contributed by atoms with E-state index >= 15 is 0 Å². The molecule has 29 heavy (non-hydrogen) atoms. The van der Waals surface area contributed by atoms with Crippen LogP contribution in [0, 0.1) is 6.92 Å². The lowest BCUT2D eigenvalue weighted by Gasteiger charge is -2.20. The van der Waals surface area contributed by atoms with Crippen molar-refractivity contribution in [1.82, 2.24) is 9.78 Å². The number of anilines is 2. The van der Waals surface area contributed by atoms with Crippen molar-refractivity contribution in [3.8, 4) is 5.69 Å². The van der Waals surface area contributed by atoms with Crippen LogP contribution in [0.2, 0.25) is 0 Å². The number of rotatable bonds is 6. The predicted molar refractivity (Wildman–Crippen MR) is 112 cm³/mol. The highest BCUT2D eigenvalue weighted by Gasteiger charge is 2.23. The van der Waals surface area contributed by atoms with E-state index in [1.54, 1.807) is 18.3 Å². The summed E-state index contributed by atoms with van der Waals surface area (Å²) in [6.45, 7) is 3.94. The first-order chi connectivity index (χ1) is 14.1. The molecular weight excluding hydrogens is 366 g/mol. The molecule has 0 bridgehead atoms. The Kier molecular flexibility index (Phi) is 5.29. The van der Waals surface area contributed by atoms with E-state index in [1.165, 1.54) is 12.1 Å². The predicted octanol–water partition coefficient (Wildman–Crippen LogP) is 2.59. The van der Waals surface area contributed by atoms with Gasteiger partial charge in [-0.05, 0) is 49.6 Å². The van der Waals surface area contributed by atoms with E-state index in [9.17, 15) is 9.90 Å². The highest BCUT2D eigenvalue weighted by Crippen LogP contribution is 2.29. The lowest BCUT2D eigenvalue weighted by molar-refractivity contribution is -0.255. The average Bonchev–Trinajstić information content (AvgIpc) is 3.37. The molecule has 0 amide bonds. The first kappa shape index (κ1) is 18.7. The van der Waals surface area contributed by atoms with Crippen molar-refractivity contribution >= 4 is 23.7 Å². The van der Waals surface area contributed by atoms with Gasteiger partial charge in [0.15, 0.2) is 0 Å². The Labute approximate surface area is 169 Å². The average molecular weight is 388 g/mol. The smallest absolute Gasteiger partial charge is 0.141 e. The molecule has 1 aromatic heterocycles. The monoisotopic (exact) mass is 388 g/mol. The lowest BCUT2D eigenvalue weighted by atomic mass is 10.2. The normalized spacial score (nSPS) is 13.9. The summed E-state index contributed by atoms with van der Waals surface area (Å²) in [5.41, 5.74) is 6.42. The van der Waals surface area contributed by atoms with Gasteiger partial charge in [-0.3, -0.25) is 5.43 Å². The first-order valence-corrected chi connectivity index (χ1v) is 9.64. The maximum atomic E-state index is 11.0. The molecule has 1 fully saturated rings. The Bertz CT molecular complexity index is 1040. The number of hydrazone groups is 1. The Hall–Kier alpha value is -3.61. The molecule has 1 saturated heterocycles. The molecule has 3 aromatic rings. The number of carboxylic acids is 1. The number of carboxylic acid groups (broad SMARTS) is 1. The summed E-state index contributed by atoms with van der Waals surface area (Å²) in [7, 11) is 0. The summed E-state index contributed by atoms with van der Waals surface area (Å²) in [5, 5.41) is 20.1. The Morgan fingerprint density at radius 2 is 1.90 bits per heavy atom. The van der Waals surface area contributed by atoms with Gasteiger partial charge in [-0.2, -0.15) is 10.2 Å². The van der Waals surface area contributed by atoms with Crippen molar-refractivity contribution in [1.29, 1.82) is 0 Å². The minimum Gasteiger partial charge on any atom is -0.545 e. The molecule has 1 N–H and O–H groups in total. The fourth-order valence-corrected chi connectivity index (χ4v) is 3.55. The number of hydrogen-bond donors (Lipinski definition) is 1. The van der Waals surface area contributed by atoms with E-state index in [-0.39, 0.29) is 5.56 Å². The molecular formula is C22H22N5O2-. The highest BCUT2D eigenvalue weighted by atomic mass is 16.4. The van der Waals surface area contributed by atoms with Crippen LogP contribution in [0.4, 0.5) is 11.5 Å². The quantitative estimate of drug-likeness (QED) is 0.518. The molecule has 2 aromatic carbocycles. The molecule has 0 saturated carbocycles. The maximum absolute atomic E-state index is 11.0. The van der Waals surface area contributed by atoms with Crippen LogP contribution in [0.25, 0.3) is 5.69 Å². The van der Waals surface area contributed by atoms with Crippen molar-refractivity contribution in [2.45, 2.75) is 19.8 Å². The number of aromatic carboxylic acids is 1. The van der Waals surface area contributed by atoms with E-state index in [4.69, 9.17) is 5.10 Å². The lowest BCUT2D eigenvalue weighted by Crippen LogP contribution is -2.22. The SMILES string of the molecule is Cc1nn(-c2ccccc2)c(N2CCCC2)c1/C=N\Nc1cccc(C(=O)[O-])c1. The molecule has 0 unspecified atom stereocenters. The van der Waals surface area contributed by atoms with Crippen LogP contribution in [-0.2, 0) is 0 Å². The Morgan fingerprint density at radius 3 is 2.62 bits per heavy atom. The van der Waals surface area contributed by atoms with E-state index in [2.05, 4.69) is 15.4 Å². The second kappa shape index (κ2) is 8.18. The van der Waals surface area contributed by atoms with Crippen molar-refractivity contribution in [2.75, 3.05) is 23.4 Å². The summed E-state index contributed by atoms with van der Waals surface area (Å²) in [5.74, 6) is -0.186. The van der Waals surface area contributed by atoms with Gasteiger partial charge in [-0.1, -0.05) is 30.3 Å².